The molecule has 1 aliphatic heterocycles. The summed E-state index contributed by atoms with van der Waals surface area (Å²) in [5, 5.41) is 1.45. The second kappa shape index (κ2) is 5.97. The molecule has 0 bridgehead atoms. The topological polar surface area (TPSA) is 41.6 Å². The molecule has 0 aromatic rings. The molecule has 1 N–H and O–H groups in total. The predicted molar refractivity (Wildman–Crippen MR) is 44.9 cm³/mol. The Balaban J connectivity index is 2.21. The normalized spacial score (nSPS) is 21.8. The second-order valence-corrected chi connectivity index (χ2v) is 3.01. The second-order valence-electron chi connectivity index (χ2n) is 3.01. The number of hydrazine groups is 1. The standard InChI is InChI=1S/C8H16N2O2/c11-8-10-6-4-2-1-3-5-7-12-9-10/h8-9H,1-7H2. The highest BCUT2D eigenvalue weighted by Crippen LogP contribution is 2.04. The van der Waals surface area contributed by atoms with Gasteiger partial charge in [-0.3, -0.25) is 14.6 Å². The summed E-state index contributed by atoms with van der Waals surface area (Å²) in [5.74, 6) is 0. The van der Waals surface area contributed by atoms with Crippen LogP contribution in [0.15, 0.2) is 0 Å². The molecule has 0 aromatic heterocycles. The summed E-state index contributed by atoms with van der Waals surface area (Å²) in [7, 11) is 0. The Bertz CT molecular complexity index is 120. The predicted octanol–water partition coefficient (Wildman–Crippen LogP) is 0.845. The minimum Gasteiger partial charge on any atom is -0.282 e. The van der Waals surface area contributed by atoms with Gasteiger partial charge in [-0.15, -0.1) is 5.59 Å². The third-order valence-corrected chi connectivity index (χ3v) is 1.95. The van der Waals surface area contributed by atoms with Crippen LogP contribution in [0.1, 0.15) is 32.1 Å². The van der Waals surface area contributed by atoms with Crippen molar-refractivity contribution in [3.05, 3.63) is 0 Å². The molecule has 0 aromatic carbocycles. The highest BCUT2D eigenvalue weighted by Gasteiger charge is 2.02. The van der Waals surface area contributed by atoms with Gasteiger partial charge in [0.1, 0.15) is 0 Å². The van der Waals surface area contributed by atoms with Crippen molar-refractivity contribution in [2.24, 2.45) is 0 Å². The number of hydrogen-bond acceptors (Lipinski definition) is 3. The van der Waals surface area contributed by atoms with Crippen molar-refractivity contribution in [1.29, 1.82) is 0 Å². The van der Waals surface area contributed by atoms with Crippen molar-refractivity contribution in [1.82, 2.24) is 10.6 Å². The third kappa shape index (κ3) is 3.69. The summed E-state index contributed by atoms with van der Waals surface area (Å²) < 4.78 is 0. The van der Waals surface area contributed by atoms with Gasteiger partial charge in [0, 0.05) is 6.54 Å². The van der Waals surface area contributed by atoms with E-state index < -0.39 is 0 Å². The summed E-state index contributed by atoms with van der Waals surface area (Å²) in [5.41, 5.74) is 2.60. The molecule has 0 unspecified atom stereocenters. The zero-order valence-electron chi connectivity index (χ0n) is 7.29. The molecule has 4 nitrogen and oxygen atoms in total. The van der Waals surface area contributed by atoms with E-state index in [0.717, 1.165) is 25.8 Å². The lowest BCUT2D eigenvalue weighted by Crippen LogP contribution is -2.38. The monoisotopic (exact) mass is 172 g/mol. The minimum absolute atomic E-state index is 0.685. The molecule has 0 spiro atoms. The Morgan fingerprint density at radius 1 is 1.17 bits per heavy atom. The zero-order valence-corrected chi connectivity index (χ0v) is 7.29. The van der Waals surface area contributed by atoms with Gasteiger partial charge < -0.3 is 0 Å². The van der Waals surface area contributed by atoms with Crippen molar-refractivity contribution >= 4 is 6.41 Å². The van der Waals surface area contributed by atoms with Crippen molar-refractivity contribution in [2.75, 3.05) is 13.2 Å². The SMILES string of the molecule is O=CN1CCCCCCCON1. The first-order valence-electron chi connectivity index (χ1n) is 4.53. The first-order valence-corrected chi connectivity index (χ1v) is 4.53. The van der Waals surface area contributed by atoms with Gasteiger partial charge >= 0.3 is 0 Å². The lowest BCUT2D eigenvalue weighted by Gasteiger charge is -2.19. The summed E-state index contributed by atoms with van der Waals surface area (Å²) >= 11 is 0. The molecule has 0 aliphatic carbocycles. The molecule has 1 heterocycles. The van der Waals surface area contributed by atoms with E-state index in [1.807, 2.05) is 0 Å². The molecule has 1 aliphatic rings. The van der Waals surface area contributed by atoms with Crippen LogP contribution in [-0.4, -0.2) is 24.6 Å². The molecule has 1 rings (SSSR count). The number of nitrogens with zero attached hydrogens (tertiary/aromatic N) is 1. The van der Waals surface area contributed by atoms with Gasteiger partial charge in [0.25, 0.3) is 0 Å². The molecule has 4 heteroatoms. The number of rotatable bonds is 1. The highest BCUT2D eigenvalue weighted by atomic mass is 16.7. The van der Waals surface area contributed by atoms with Crippen LogP contribution in [-0.2, 0) is 9.63 Å². The van der Waals surface area contributed by atoms with Gasteiger partial charge in [0.2, 0.25) is 6.41 Å². The minimum atomic E-state index is 0.685. The van der Waals surface area contributed by atoms with Crippen LogP contribution in [0.5, 0.6) is 0 Å². The first kappa shape index (κ1) is 9.48. The van der Waals surface area contributed by atoms with E-state index in [0.29, 0.717) is 6.61 Å². The van der Waals surface area contributed by atoms with Crippen molar-refractivity contribution in [2.45, 2.75) is 32.1 Å². The van der Waals surface area contributed by atoms with Crippen LogP contribution < -0.4 is 5.59 Å². The molecule has 0 radical (unpaired) electrons. The number of carbonyl (C=O) groups is 1. The fraction of sp³-hybridized carbons (Fsp3) is 0.875. The fourth-order valence-corrected chi connectivity index (χ4v) is 1.24. The molecule has 1 amide bonds. The summed E-state index contributed by atoms with van der Waals surface area (Å²) in [6.07, 6.45) is 6.56. The first-order chi connectivity index (χ1) is 5.93. The van der Waals surface area contributed by atoms with Crippen LogP contribution in [0, 0.1) is 0 Å². The van der Waals surface area contributed by atoms with E-state index in [2.05, 4.69) is 5.59 Å². The van der Waals surface area contributed by atoms with Gasteiger partial charge in [-0.1, -0.05) is 19.3 Å². The Labute approximate surface area is 72.8 Å². The van der Waals surface area contributed by atoms with Gasteiger partial charge in [-0.25, -0.2) is 0 Å². The molecule has 70 valence electrons. The van der Waals surface area contributed by atoms with E-state index in [4.69, 9.17) is 4.84 Å². The van der Waals surface area contributed by atoms with E-state index in [-0.39, 0.29) is 0 Å². The average molecular weight is 172 g/mol. The summed E-state index contributed by atoms with van der Waals surface area (Å²) in [4.78, 5) is 15.5. The summed E-state index contributed by atoms with van der Waals surface area (Å²) in [6.45, 7) is 1.42. The highest BCUT2D eigenvalue weighted by molar-refractivity contribution is 5.45. The van der Waals surface area contributed by atoms with Crippen molar-refractivity contribution < 1.29 is 9.63 Å². The Kier molecular flexibility index (Phi) is 4.71. The van der Waals surface area contributed by atoms with Gasteiger partial charge in [-0.05, 0) is 12.8 Å². The largest absolute Gasteiger partial charge is 0.282 e. The van der Waals surface area contributed by atoms with Crippen LogP contribution in [0.3, 0.4) is 0 Å². The lowest BCUT2D eigenvalue weighted by molar-refractivity contribution is -0.139. The van der Waals surface area contributed by atoms with Crippen molar-refractivity contribution in [3.8, 4) is 0 Å². The van der Waals surface area contributed by atoms with Gasteiger partial charge in [0.05, 0.1) is 6.61 Å². The molecule has 1 saturated heterocycles. The molecule has 0 atom stereocenters. The van der Waals surface area contributed by atoms with E-state index in [1.165, 1.54) is 24.3 Å². The van der Waals surface area contributed by atoms with E-state index >= 15 is 0 Å². The average Bonchev–Trinajstić information content (AvgIpc) is 2.14. The smallest absolute Gasteiger partial charge is 0.225 e. The van der Waals surface area contributed by atoms with Crippen molar-refractivity contribution in [3.63, 3.8) is 0 Å². The Hall–Kier alpha value is -0.610. The Morgan fingerprint density at radius 2 is 1.92 bits per heavy atom. The van der Waals surface area contributed by atoms with Gasteiger partial charge in [-0.2, -0.15) is 0 Å². The maximum atomic E-state index is 10.4. The number of hydrogen-bond donors (Lipinski definition) is 1. The van der Waals surface area contributed by atoms with Crippen LogP contribution in [0.4, 0.5) is 0 Å². The molecular formula is C8H16N2O2. The third-order valence-electron chi connectivity index (χ3n) is 1.95. The van der Waals surface area contributed by atoms with Crippen LogP contribution in [0.25, 0.3) is 0 Å². The maximum Gasteiger partial charge on any atom is 0.225 e. The number of carbonyl (C=O) groups excluding carboxylic acids is 1. The van der Waals surface area contributed by atoms with Gasteiger partial charge in [0.15, 0.2) is 0 Å². The number of amides is 1. The molecular weight excluding hydrogens is 156 g/mol. The Morgan fingerprint density at radius 3 is 2.75 bits per heavy atom. The lowest BCUT2D eigenvalue weighted by atomic mass is 10.1. The molecule has 12 heavy (non-hydrogen) atoms. The summed E-state index contributed by atoms with van der Waals surface area (Å²) in [6, 6.07) is 0. The van der Waals surface area contributed by atoms with Crippen LogP contribution >= 0.6 is 0 Å². The van der Waals surface area contributed by atoms with E-state index in [1.54, 1.807) is 0 Å². The maximum absolute atomic E-state index is 10.4. The zero-order chi connectivity index (χ0) is 8.65. The fourth-order valence-electron chi connectivity index (χ4n) is 1.24. The van der Waals surface area contributed by atoms with E-state index in [9.17, 15) is 4.79 Å². The quantitative estimate of drug-likeness (QED) is 0.596. The molecule has 0 saturated carbocycles. The van der Waals surface area contributed by atoms with Crippen LogP contribution in [0.2, 0.25) is 0 Å². The molecule has 1 fully saturated rings. The number of nitrogens with one attached hydrogen (secondary N) is 1.